The van der Waals surface area contributed by atoms with Crippen molar-refractivity contribution >= 4 is 5.91 Å². The fourth-order valence-electron chi connectivity index (χ4n) is 2.18. The summed E-state index contributed by atoms with van der Waals surface area (Å²) in [6.45, 7) is 1.83. The first kappa shape index (κ1) is 16.5. The Kier molecular flexibility index (Phi) is 6.00. The minimum Gasteiger partial charge on any atom is -0.497 e. The van der Waals surface area contributed by atoms with Gasteiger partial charge in [-0.15, -0.1) is 0 Å². The third-order valence-electron chi connectivity index (χ3n) is 3.45. The molecule has 7 heteroatoms. The molecule has 0 spiro atoms. The van der Waals surface area contributed by atoms with Crippen LogP contribution in [0, 0.1) is 0 Å². The molecule has 0 aliphatic carbocycles. The Morgan fingerprint density at radius 1 is 1.41 bits per heavy atom. The molecule has 2 unspecified atom stereocenters. The molecule has 1 aliphatic heterocycles. The van der Waals surface area contributed by atoms with Crippen LogP contribution in [0.2, 0.25) is 0 Å². The van der Waals surface area contributed by atoms with Crippen LogP contribution in [0.4, 0.5) is 0 Å². The molecule has 0 aromatic heterocycles. The lowest BCUT2D eigenvalue weighted by molar-refractivity contribution is -0.134. The van der Waals surface area contributed by atoms with Crippen molar-refractivity contribution in [2.75, 3.05) is 40.5 Å². The van der Waals surface area contributed by atoms with E-state index in [-0.39, 0.29) is 12.5 Å². The fourth-order valence-corrected chi connectivity index (χ4v) is 2.18. The number of ether oxygens (including phenoxy) is 3. The van der Waals surface area contributed by atoms with Crippen molar-refractivity contribution in [1.82, 2.24) is 10.6 Å². The Bertz CT molecular complexity index is 480. The number of methoxy groups -OCH3 is 2. The van der Waals surface area contributed by atoms with Crippen LogP contribution in [0.3, 0.4) is 0 Å². The van der Waals surface area contributed by atoms with Gasteiger partial charge in [-0.2, -0.15) is 0 Å². The molecule has 1 aromatic carbocycles. The predicted molar refractivity (Wildman–Crippen MR) is 80.1 cm³/mol. The van der Waals surface area contributed by atoms with Crippen LogP contribution in [-0.4, -0.2) is 57.6 Å². The van der Waals surface area contributed by atoms with Crippen LogP contribution in [0.15, 0.2) is 18.2 Å². The summed E-state index contributed by atoms with van der Waals surface area (Å²) in [6.07, 6.45) is -1.37. The van der Waals surface area contributed by atoms with Crippen molar-refractivity contribution < 1.29 is 24.1 Å². The molecule has 1 aliphatic rings. The van der Waals surface area contributed by atoms with Gasteiger partial charge in [-0.1, -0.05) is 0 Å². The molecule has 1 heterocycles. The zero-order valence-corrected chi connectivity index (χ0v) is 12.8. The molecule has 1 amide bonds. The Labute approximate surface area is 129 Å². The van der Waals surface area contributed by atoms with Gasteiger partial charge < -0.3 is 30.0 Å². The van der Waals surface area contributed by atoms with Gasteiger partial charge in [-0.05, 0) is 17.7 Å². The molecule has 7 nitrogen and oxygen atoms in total. The lowest BCUT2D eigenvalue weighted by atomic mass is 10.1. The van der Waals surface area contributed by atoms with Gasteiger partial charge >= 0.3 is 0 Å². The van der Waals surface area contributed by atoms with Crippen molar-refractivity contribution in [1.29, 1.82) is 0 Å². The number of morpholine rings is 1. The van der Waals surface area contributed by atoms with Crippen LogP contribution >= 0.6 is 0 Å². The van der Waals surface area contributed by atoms with Crippen molar-refractivity contribution in [3.8, 4) is 11.5 Å². The number of carbonyl (C=O) groups excluding carboxylic acids is 1. The Morgan fingerprint density at radius 2 is 2.09 bits per heavy atom. The quantitative estimate of drug-likeness (QED) is 0.677. The summed E-state index contributed by atoms with van der Waals surface area (Å²) in [5, 5.41) is 16.0. The highest BCUT2D eigenvalue weighted by Crippen LogP contribution is 2.26. The summed E-state index contributed by atoms with van der Waals surface area (Å²) in [7, 11) is 3.08. The molecule has 2 rings (SSSR count). The molecule has 122 valence electrons. The summed E-state index contributed by atoms with van der Waals surface area (Å²) in [5.41, 5.74) is 0.610. The van der Waals surface area contributed by atoms with Crippen LogP contribution in [0.1, 0.15) is 11.7 Å². The number of carbonyl (C=O) groups is 1. The van der Waals surface area contributed by atoms with Gasteiger partial charge in [0.05, 0.1) is 26.9 Å². The van der Waals surface area contributed by atoms with Gasteiger partial charge in [-0.25, -0.2) is 0 Å². The monoisotopic (exact) mass is 310 g/mol. The molecule has 1 aromatic rings. The molecule has 0 bridgehead atoms. The van der Waals surface area contributed by atoms with Crippen molar-refractivity contribution in [3.63, 3.8) is 0 Å². The summed E-state index contributed by atoms with van der Waals surface area (Å²) >= 11 is 0. The molecule has 0 saturated carbocycles. The molecule has 1 saturated heterocycles. The van der Waals surface area contributed by atoms with E-state index in [2.05, 4.69) is 10.6 Å². The minimum atomic E-state index is -0.857. The number of nitrogens with one attached hydrogen (secondary N) is 2. The second-order valence-corrected chi connectivity index (χ2v) is 4.97. The maximum absolute atomic E-state index is 11.9. The molecule has 2 atom stereocenters. The predicted octanol–water partition coefficient (Wildman–Crippen LogP) is -0.158. The summed E-state index contributed by atoms with van der Waals surface area (Å²) in [4.78, 5) is 11.9. The Morgan fingerprint density at radius 3 is 2.64 bits per heavy atom. The van der Waals surface area contributed by atoms with Gasteiger partial charge in [0.25, 0.3) is 5.91 Å². The zero-order chi connectivity index (χ0) is 15.9. The third kappa shape index (κ3) is 4.33. The normalized spacial score (nSPS) is 19.3. The first-order chi connectivity index (χ1) is 10.6. The van der Waals surface area contributed by atoms with Crippen molar-refractivity contribution in [3.05, 3.63) is 23.8 Å². The van der Waals surface area contributed by atoms with Crippen molar-refractivity contribution in [2.24, 2.45) is 0 Å². The van der Waals surface area contributed by atoms with Crippen LogP contribution in [0.5, 0.6) is 11.5 Å². The lowest BCUT2D eigenvalue weighted by Gasteiger charge is -2.23. The first-order valence-corrected chi connectivity index (χ1v) is 7.15. The SMILES string of the molecule is COc1cc(OC)cc(C(O)CNC(=O)C2CNCCO2)c1. The van der Waals surface area contributed by atoms with E-state index in [9.17, 15) is 9.90 Å². The molecule has 1 fully saturated rings. The van der Waals surface area contributed by atoms with E-state index in [4.69, 9.17) is 14.2 Å². The second kappa shape index (κ2) is 7.98. The number of aliphatic hydroxyl groups is 1. The Hall–Kier alpha value is -1.83. The van der Waals surface area contributed by atoms with Crippen LogP contribution in [-0.2, 0) is 9.53 Å². The standard InChI is InChI=1S/C15H22N2O5/c1-20-11-5-10(6-12(7-11)21-2)13(18)8-17-15(19)14-9-16-3-4-22-14/h5-7,13-14,16,18H,3-4,8-9H2,1-2H3,(H,17,19). The topological polar surface area (TPSA) is 89.0 Å². The van der Waals surface area contributed by atoms with Gasteiger partial charge in [-0.3, -0.25) is 4.79 Å². The molecular formula is C15H22N2O5. The van der Waals surface area contributed by atoms with Gasteiger partial charge in [0, 0.05) is 25.7 Å². The molecule has 0 radical (unpaired) electrons. The number of amides is 1. The smallest absolute Gasteiger partial charge is 0.250 e. The van der Waals surface area contributed by atoms with Crippen LogP contribution < -0.4 is 20.1 Å². The molecule has 22 heavy (non-hydrogen) atoms. The van der Waals surface area contributed by atoms with E-state index in [1.54, 1.807) is 32.4 Å². The minimum absolute atomic E-state index is 0.0923. The maximum atomic E-state index is 11.9. The summed E-state index contributed by atoms with van der Waals surface area (Å²) < 4.78 is 15.7. The fraction of sp³-hybridized carbons (Fsp3) is 0.533. The van der Waals surface area contributed by atoms with E-state index in [1.807, 2.05) is 0 Å². The number of aliphatic hydroxyl groups excluding tert-OH is 1. The highest BCUT2D eigenvalue weighted by Gasteiger charge is 2.22. The van der Waals surface area contributed by atoms with E-state index in [0.717, 1.165) is 6.54 Å². The average Bonchev–Trinajstić information content (AvgIpc) is 2.59. The van der Waals surface area contributed by atoms with Gasteiger partial charge in [0.15, 0.2) is 0 Å². The van der Waals surface area contributed by atoms with E-state index in [1.165, 1.54) is 0 Å². The second-order valence-electron chi connectivity index (χ2n) is 4.97. The number of hydrogen-bond acceptors (Lipinski definition) is 6. The van der Waals surface area contributed by atoms with Gasteiger partial charge in [0.1, 0.15) is 17.6 Å². The van der Waals surface area contributed by atoms with E-state index < -0.39 is 12.2 Å². The Balaban J connectivity index is 1.93. The van der Waals surface area contributed by atoms with E-state index in [0.29, 0.717) is 30.2 Å². The summed E-state index contributed by atoms with van der Waals surface area (Å²) in [6, 6.07) is 5.13. The summed E-state index contributed by atoms with van der Waals surface area (Å²) in [5.74, 6) is 0.931. The maximum Gasteiger partial charge on any atom is 0.250 e. The highest BCUT2D eigenvalue weighted by molar-refractivity contribution is 5.81. The number of benzene rings is 1. The molecule has 3 N–H and O–H groups in total. The van der Waals surface area contributed by atoms with Crippen LogP contribution in [0.25, 0.3) is 0 Å². The number of hydrogen-bond donors (Lipinski definition) is 3. The largest absolute Gasteiger partial charge is 0.497 e. The van der Waals surface area contributed by atoms with E-state index >= 15 is 0 Å². The van der Waals surface area contributed by atoms with Crippen molar-refractivity contribution in [2.45, 2.75) is 12.2 Å². The number of rotatable bonds is 6. The molecular weight excluding hydrogens is 288 g/mol. The highest BCUT2D eigenvalue weighted by atomic mass is 16.5. The lowest BCUT2D eigenvalue weighted by Crippen LogP contribution is -2.48. The first-order valence-electron chi connectivity index (χ1n) is 7.15. The zero-order valence-electron chi connectivity index (χ0n) is 12.8. The third-order valence-corrected chi connectivity index (χ3v) is 3.45. The average molecular weight is 310 g/mol. The van der Waals surface area contributed by atoms with Gasteiger partial charge in [0.2, 0.25) is 0 Å².